The molecule has 2 fully saturated rings. The van der Waals surface area contributed by atoms with E-state index in [1.807, 2.05) is 6.92 Å². The molecule has 8 heteroatoms. The molecule has 0 aromatic carbocycles. The van der Waals surface area contributed by atoms with Gasteiger partial charge in [0.2, 0.25) is 5.91 Å². The maximum Gasteiger partial charge on any atom is 0.220 e. The van der Waals surface area contributed by atoms with Crippen molar-refractivity contribution in [3.05, 3.63) is 11.6 Å². The highest BCUT2D eigenvalue weighted by Crippen LogP contribution is 2.27. The third-order valence-electron chi connectivity index (χ3n) is 5.40. The minimum absolute atomic E-state index is 0. The van der Waals surface area contributed by atoms with Crippen molar-refractivity contribution in [2.24, 2.45) is 5.92 Å². The Balaban J connectivity index is 0.00000243. The van der Waals surface area contributed by atoms with Gasteiger partial charge in [0.15, 0.2) is 5.82 Å². The summed E-state index contributed by atoms with van der Waals surface area (Å²) >= 11 is 0. The summed E-state index contributed by atoms with van der Waals surface area (Å²) in [7, 11) is 0. The number of nitrogens with zero attached hydrogens (tertiary/aromatic N) is 3. The number of hydrogen-bond donors (Lipinski definition) is 2. The van der Waals surface area contributed by atoms with Crippen molar-refractivity contribution in [2.45, 2.75) is 64.5 Å². The molecule has 3 heterocycles. The Morgan fingerprint density at radius 3 is 2.77 bits per heavy atom. The van der Waals surface area contributed by atoms with Crippen LogP contribution in [0.2, 0.25) is 0 Å². The van der Waals surface area contributed by atoms with Gasteiger partial charge in [0, 0.05) is 51.2 Å². The van der Waals surface area contributed by atoms with E-state index in [-0.39, 0.29) is 24.4 Å². The molecule has 1 amide bonds. The fourth-order valence-electron chi connectivity index (χ4n) is 4.09. The highest BCUT2D eigenvalue weighted by Gasteiger charge is 2.36. The van der Waals surface area contributed by atoms with E-state index in [1.54, 1.807) is 0 Å². The largest absolute Gasteiger partial charge is 0.381 e. The zero-order chi connectivity index (χ0) is 17.6. The van der Waals surface area contributed by atoms with Gasteiger partial charge in [-0.15, -0.1) is 12.4 Å². The van der Waals surface area contributed by atoms with Crippen LogP contribution in [0.25, 0.3) is 0 Å². The average molecular weight is 386 g/mol. The second-order valence-corrected chi connectivity index (χ2v) is 7.36. The molecule has 2 atom stereocenters. The van der Waals surface area contributed by atoms with Crippen molar-refractivity contribution in [1.29, 1.82) is 0 Å². The SMILES string of the molecule is CCC[C@H]1CN(C2CCOCC2)C[C@@H]1NC(=O)CCc1n[nH]c(C)n1.Cl. The zero-order valence-corrected chi connectivity index (χ0v) is 16.7. The number of carbonyl (C=O) groups excluding carboxylic acids is 1. The van der Waals surface area contributed by atoms with Gasteiger partial charge >= 0.3 is 0 Å². The van der Waals surface area contributed by atoms with E-state index >= 15 is 0 Å². The van der Waals surface area contributed by atoms with E-state index in [1.165, 1.54) is 6.42 Å². The molecule has 2 N–H and O–H groups in total. The molecule has 2 saturated heterocycles. The average Bonchev–Trinajstić information content (AvgIpc) is 3.21. The van der Waals surface area contributed by atoms with Gasteiger partial charge < -0.3 is 10.1 Å². The minimum Gasteiger partial charge on any atom is -0.381 e. The molecule has 2 aliphatic rings. The van der Waals surface area contributed by atoms with Crippen LogP contribution in [-0.2, 0) is 16.0 Å². The lowest BCUT2D eigenvalue weighted by Gasteiger charge is -2.31. The van der Waals surface area contributed by atoms with Crippen LogP contribution >= 0.6 is 12.4 Å². The maximum atomic E-state index is 12.4. The topological polar surface area (TPSA) is 83.1 Å². The smallest absolute Gasteiger partial charge is 0.220 e. The van der Waals surface area contributed by atoms with E-state index in [0.717, 1.165) is 51.4 Å². The van der Waals surface area contributed by atoms with Crippen LogP contribution in [0.5, 0.6) is 0 Å². The number of halogens is 1. The van der Waals surface area contributed by atoms with Gasteiger partial charge in [-0.1, -0.05) is 13.3 Å². The molecule has 0 radical (unpaired) electrons. The number of aromatic amines is 1. The predicted octanol–water partition coefficient (Wildman–Crippen LogP) is 1.86. The third-order valence-corrected chi connectivity index (χ3v) is 5.40. The normalized spacial score (nSPS) is 24.4. The molecule has 2 aliphatic heterocycles. The highest BCUT2D eigenvalue weighted by atomic mass is 35.5. The molecule has 1 aromatic rings. The Morgan fingerprint density at radius 1 is 1.35 bits per heavy atom. The molecule has 0 spiro atoms. The first-order valence-corrected chi connectivity index (χ1v) is 9.64. The first kappa shape index (κ1) is 21.1. The molecule has 7 nitrogen and oxygen atoms in total. The summed E-state index contributed by atoms with van der Waals surface area (Å²) in [5.41, 5.74) is 0. The number of amides is 1. The van der Waals surface area contributed by atoms with Crippen LogP contribution in [0.3, 0.4) is 0 Å². The lowest BCUT2D eigenvalue weighted by molar-refractivity contribution is -0.122. The maximum absolute atomic E-state index is 12.4. The Hall–Kier alpha value is -1.18. The van der Waals surface area contributed by atoms with Crippen LogP contribution in [0.15, 0.2) is 0 Å². The molecule has 148 valence electrons. The number of H-pyrrole nitrogens is 1. The number of likely N-dealkylation sites (tertiary alicyclic amines) is 1. The molecule has 26 heavy (non-hydrogen) atoms. The first-order chi connectivity index (χ1) is 12.2. The quantitative estimate of drug-likeness (QED) is 0.748. The van der Waals surface area contributed by atoms with Gasteiger partial charge in [-0.3, -0.25) is 14.8 Å². The van der Waals surface area contributed by atoms with Crippen LogP contribution in [0.4, 0.5) is 0 Å². The number of carbonyl (C=O) groups is 1. The van der Waals surface area contributed by atoms with Gasteiger partial charge in [-0.25, -0.2) is 4.98 Å². The summed E-state index contributed by atoms with van der Waals surface area (Å²) in [6, 6.07) is 0.885. The first-order valence-electron chi connectivity index (χ1n) is 9.64. The minimum atomic E-state index is 0. The van der Waals surface area contributed by atoms with Crippen molar-refractivity contribution >= 4 is 18.3 Å². The van der Waals surface area contributed by atoms with Gasteiger partial charge in [0.1, 0.15) is 5.82 Å². The van der Waals surface area contributed by atoms with Crippen LogP contribution < -0.4 is 5.32 Å². The van der Waals surface area contributed by atoms with Crippen molar-refractivity contribution in [3.63, 3.8) is 0 Å². The number of rotatable bonds is 7. The molecular weight excluding hydrogens is 354 g/mol. The molecule has 1 aromatic heterocycles. The summed E-state index contributed by atoms with van der Waals surface area (Å²) in [5.74, 6) is 2.18. The summed E-state index contributed by atoms with van der Waals surface area (Å²) in [5, 5.41) is 10.2. The van der Waals surface area contributed by atoms with E-state index in [4.69, 9.17) is 4.74 Å². The second kappa shape index (κ2) is 10.2. The van der Waals surface area contributed by atoms with E-state index in [9.17, 15) is 4.79 Å². The monoisotopic (exact) mass is 385 g/mol. The Morgan fingerprint density at radius 2 is 2.12 bits per heavy atom. The van der Waals surface area contributed by atoms with Gasteiger partial charge in [0.05, 0.1) is 0 Å². The zero-order valence-electron chi connectivity index (χ0n) is 15.9. The lowest BCUT2D eigenvalue weighted by Crippen LogP contribution is -2.42. The molecular formula is C18H32ClN5O2. The Labute approximate surface area is 162 Å². The standard InChI is InChI=1S/C18H31N5O2.ClH/c1-3-4-14-11-23(15-7-9-25-10-8-15)12-16(14)20-18(24)6-5-17-19-13(2)21-22-17;/h14-16H,3-12H2,1-2H3,(H,20,24)(H,19,21,22);1H/t14-,16-;/m0./s1. The van der Waals surface area contributed by atoms with Crippen molar-refractivity contribution in [2.75, 3.05) is 26.3 Å². The van der Waals surface area contributed by atoms with E-state index < -0.39 is 0 Å². The van der Waals surface area contributed by atoms with Crippen LogP contribution in [0.1, 0.15) is 50.7 Å². The fraction of sp³-hybridized carbons (Fsp3) is 0.833. The number of aromatic nitrogens is 3. The van der Waals surface area contributed by atoms with Gasteiger partial charge in [0.25, 0.3) is 0 Å². The molecule has 0 saturated carbocycles. The third kappa shape index (κ3) is 5.66. The van der Waals surface area contributed by atoms with Crippen molar-refractivity contribution in [3.8, 4) is 0 Å². The summed E-state index contributed by atoms with van der Waals surface area (Å²) in [6.45, 7) is 7.90. The number of hydrogen-bond acceptors (Lipinski definition) is 5. The number of aryl methyl sites for hydroxylation is 2. The van der Waals surface area contributed by atoms with E-state index in [0.29, 0.717) is 30.6 Å². The highest BCUT2D eigenvalue weighted by molar-refractivity contribution is 5.85. The summed E-state index contributed by atoms with van der Waals surface area (Å²) < 4.78 is 5.49. The predicted molar refractivity (Wildman–Crippen MR) is 102 cm³/mol. The van der Waals surface area contributed by atoms with Crippen molar-refractivity contribution < 1.29 is 9.53 Å². The van der Waals surface area contributed by atoms with Gasteiger partial charge in [-0.2, -0.15) is 5.10 Å². The van der Waals surface area contributed by atoms with Crippen LogP contribution in [0, 0.1) is 12.8 Å². The Kier molecular flexibility index (Phi) is 8.31. The molecule has 0 aliphatic carbocycles. The summed E-state index contributed by atoms with van der Waals surface area (Å²) in [6.07, 6.45) is 5.60. The second-order valence-electron chi connectivity index (χ2n) is 7.36. The van der Waals surface area contributed by atoms with E-state index in [2.05, 4.69) is 32.3 Å². The van der Waals surface area contributed by atoms with Crippen LogP contribution in [-0.4, -0.2) is 64.4 Å². The fourth-order valence-corrected chi connectivity index (χ4v) is 4.09. The lowest BCUT2D eigenvalue weighted by atomic mass is 9.98. The number of ether oxygens (including phenoxy) is 1. The molecule has 0 bridgehead atoms. The number of nitrogens with one attached hydrogen (secondary N) is 2. The van der Waals surface area contributed by atoms with Gasteiger partial charge in [-0.05, 0) is 32.1 Å². The van der Waals surface area contributed by atoms with Crippen molar-refractivity contribution in [1.82, 2.24) is 25.4 Å². The Bertz CT molecular complexity index is 562. The molecule has 3 rings (SSSR count). The summed E-state index contributed by atoms with van der Waals surface area (Å²) in [4.78, 5) is 19.2. The molecule has 0 unspecified atom stereocenters.